The molecule has 0 aliphatic rings. The Labute approximate surface area is 156 Å². The second-order valence-corrected chi connectivity index (χ2v) is 7.99. The van der Waals surface area contributed by atoms with Gasteiger partial charge in [0.2, 0.25) is 0 Å². The monoisotopic (exact) mass is 401 g/mol. The van der Waals surface area contributed by atoms with Crippen molar-refractivity contribution in [3.8, 4) is 0 Å². The molecule has 5 nitrogen and oxygen atoms in total. The summed E-state index contributed by atoms with van der Waals surface area (Å²) >= 11 is 11.8. The van der Waals surface area contributed by atoms with Crippen molar-refractivity contribution in [2.75, 3.05) is 10.8 Å². The number of hydrogen-bond acceptors (Lipinski definition) is 3. The summed E-state index contributed by atoms with van der Waals surface area (Å²) in [5.41, 5.74) is 1.44. The summed E-state index contributed by atoms with van der Waals surface area (Å²) in [5, 5.41) is 9.30. The zero-order valence-corrected chi connectivity index (χ0v) is 15.8. The maximum atomic E-state index is 13.0. The van der Waals surface area contributed by atoms with Crippen molar-refractivity contribution in [3.63, 3.8) is 0 Å². The molecule has 0 aliphatic heterocycles. The van der Waals surface area contributed by atoms with Crippen molar-refractivity contribution in [3.05, 3.63) is 58.1 Å². The number of aliphatic carboxylic acids is 1. The summed E-state index contributed by atoms with van der Waals surface area (Å²) in [4.78, 5) is 10.9. The van der Waals surface area contributed by atoms with E-state index in [2.05, 4.69) is 0 Å². The molecule has 8 heteroatoms. The van der Waals surface area contributed by atoms with E-state index < -0.39 is 16.0 Å². The first-order valence-electron chi connectivity index (χ1n) is 7.54. The molecule has 0 aromatic heterocycles. The Morgan fingerprint density at radius 1 is 1.08 bits per heavy atom. The number of aryl methyl sites for hydroxylation is 1. The largest absolute Gasteiger partial charge is 0.481 e. The lowest BCUT2D eigenvalue weighted by molar-refractivity contribution is -0.136. The molecule has 1 N–H and O–H groups in total. The van der Waals surface area contributed by atoms with Crippen LogP contribution in [0, 0.1) is 0 Å². The summed E-state index contributed by atoms with van der Waals surface area (Å²) in [5.74, 6) is -1.08. The average molecular weight is 402 g/mol. The molecule has 2 aromatic rings. The molecule has 0 saturated carbocycles. The van der Waals surface area contributed by atoms with Gasteiger partial charge in [0.25, 0.3) is 10.0 Å². The van der Waals surface area contributed by atoms with Crippen molar-refractivity contribution in [1.82, 2.24) is 0 Å². The quantitative estimate of drug-likeness (QED) is 0.752. The van der Waals surface area contributed by atoms with E-state index in [1.54, 1.807) is 12.1 Å². The molecular formula is C17H17Cl2NO4S. The molecule has 0 bridgehead atoms. The first-order valence-corrected chi connectivity index (χ1v) is 9.74. The minimum atomic E-state index is -3.98. The first kappa shape index (κ1) is 19.6. The predicted molar refractivity (Wildman–Crippen MR) is 99.1 cm³/mol. The van der Waals surface area contributed by atoms with Gasteiger partial charge >= 0.3 is 5.97 Å². The van der Waals surface area contributed by atoms with Crippen molar-refractivity contribution in [1.29, 1.82) is 0 Å². The van der Waals surface area contributed by atoms with Gasteiger partial charge in [-0.25, -0.2) is 8.42 Å². The number of carboxylic acid groups (broad SMARTS) is 1. The van der Waals surface area contributed by atoms with Crippen LogP contribution in [0.5, 0.6) is 0 Å². The lowest BCUT2D eigenvalue weighted by Crippen LogP contribution is -2.33. The molecule has 0 heterocycles. The second-order valence-electron chi connectivity index (χ2n) is 5.32. The van der Waals surface area contributed by atoms with Crippen LogP contribution in [-0.2, 0) is 21.2 Å². The number of carbonyl (C=O) groups is 1. The third kappa shape index (κ3) is 4.66. The van der Waals surface area contributed by atoms with Crippen LogP contribution in [0.15, 0.2) is 47.4 Å². The van der Waals surface area contributed by atoms with Gasteiger partial charge in [0.15, 0.2) is 0 Å². The molecular weight excluding hydrogens is 385 g/mol. The van der Waals surface area contributed by atoms with Crippen LogP contribution < -0.4 is 4.31 Å². The van der Waals surface area contributed by atoms with Gasteiger partial charge in [0, 0.05) is 6.54 Å². The van der Waals surface area contributed by atoms with Crippen LogP contribution in [-0.4, -0.2) is 26.0 Å². The molecule has 0 radical (unpaired) electrons. The SMILES string of the molecule is CCc1ccc(N(CCC(=O)O)S(=O)(=O)c2ccc(Cl)c(Cl)c2)cc1. The first-order chi connectivity index (χ1) is 11.8. The van der Waals surface area contributed by atoms with E-state index in [4.69, 9.17) is 28.3 Å². The van der Waals surface area contributed by atoms with Gasteiger partial charge in [-0.1, -0.05) is 42.3 Å². The molecule has 2 aromatic carbocycles. The molecule has 0 fully saturated rings. The highest BCUT2D eigenvalue weighted by molar-refractivity contribution is 7.92. The van der Waals surface area contributed by atoms with Crippen LogP contribution in [0.3, 0.4) is 0 Å². The third-order valence-electron chi connectivity index (χ3n) is 3.64. The summed E-state index contributed by atoms with van der Waals surface area (Å²) in [6.45, 7) is 1.80. The molecule has 0 spiro atoms. The summed E-state index contributed by atoms with van der Waals surface area (Å²) in [6, 6.07) is 10.9. The Balaban J connectivity index is 2.48. The van der Waals surface area contributed by atoms with E-state index in [9.17, 15) is 13.2 Å². The number of hydrogen-bond donors (Lipinski definition) is 1. The molecule has 0 amide bonds. The molecule has 0 saturated heterocycles. The van der Waals surface area contributed by atoms with Crippen molar-refractivity contribution in [2.24, 2.45) is 0 Å². The lowest BCUT2D eigenvalue weighted by atomic mass is 10.1. The van der Waals surface area contributed by atoms with Gasteiger partial charge < -0.3 is 5.11 Å². The molecule has 25 heavy (non-hydrogen) atoms. The molecule has 0 aliphatic carbocycles. The summed E-state index contributed by atoms with van der Waals surface area (Å²) in [6.07, 6.45) is 0.491. The van der Waals surface area contributed by atoms with E-state index in [0.29, 0.717) is 5.69 Å². The van der Waals surface area contributed by atoms with Crippen molar-refractivity contribution in [2.45, 2.75) is 24.7 Å². The van der Waals surface area contributed by atoms with Gasteiger partial charge in [0.1, 0.15) is 0 Å². The fourth-order valence-electron chi connectivity index (χ4n) is 2.25. The fraction of sp³-hybridized carbons (Fsp3) is 0.235. The second kappa shape index (κ2) is 8.08. The number of anilines is 1. The van der Waals surface area contributed by atoms with Crippen LogP contribution >= 0.6 is 23.2 Å². The minimum absolute atomic E-state index is 0.0492. The average Bonchev–Trinajstić information content (AvgIpc) is 2.57. The number of rotatable bonds is 7. The highest BCUT2D eigenvalue weighted by Gasteiger charge is 2.26. The summed E-state index contributed by atoms with van der Waals surface area (Å²) in [7, 11) is -3.98. The Bertz CT molecular complexity index is 867. The number of nitrogens with zero attached hydrogens (tertiary/aromatic N) is 1. The highest BCUT2D eigenvalue weighted by Crippen LogP contribution is 2.29. The van der Waals surface area contributed by atoms with E-state index in [0.717, 1.165) is 16.3 Å². The van der Waals surface area contributed by atoms with Gasteiger partial charge in [0.05, 0.1) is 27.0 Å². The molecule has 134 valence electrons. The van der Waals surface area contributed by atoms with E-state index in [1.807, 2.05) is 19.1 Å². The van der Waals surface area contributed by atoms with Crippen LogP contribution in [0.25, 0.3) is 0 Å². The number of carboxylic acids is 1. The predicted octanol–water partition coefficient (Wildman–Crippen LogP) is 4.23. The maximum Gasteiger partial charge on any atom is 0.305 e. The van der Waals surface area contributed by atoms with Crippen LogP contribution in [0.4, 0.5) is 5.69 Å². The topological polar surface area (TPSA) is 74.7 Å². The maximum absolute atomic E-state index is 13.0. The van der Waals surface area contributed by atoms with Gasteiger partial charge in [-0.05, 0) is 42.3 Å². The van der Waals surface area contributed by atoms with Gasteiger partial charge in [-0.3, -0.25) is 9.10 Å². The third-order valence-corrected chi connectivity index (χ3v) is 6.20. The summed E-state index contributed by atoms with van der Waals surface area (Å²) < 4.78 is 27.1. The molecule has 2 rings (SSSR count). The lowest BCUT2D eigenvalue weighted by Gasteiger charge is -2.24. The van der Waals surface area contributed by atoms with E-state index in [1.165, 1.54) is 18.2 Å². The van der Waals surface area contributed by atoms with Crippen LogP contribution in [0.1, 0.15) is 18.9 Å². The Morgan fingerprint density at radius 2 is 1.72 bits per heavy atom. The number of benzene rings is 2. The zero-order chi connectivity index (χ0) is 18.6. The van der Waals surface area contributed by atoms with E-state index in [-0.39, 0.29) is 27.9 Å². The van der Waals surface area contributed by atoms with Gasteiger partial charge in [-0.15, -0.1) is 0 Å². The van der Waals surface area contributed by atoms with Crippen molar-refractivity contribution >= 4 is 44.9 Å². The smallest absolute Gasteiger partial charge is 0.305 e. The normalized spacial score (nSPS) is 11.3. The standard InChI is InChI=1S/C17H17Cl2NO4S/c1-2-12-3-5-13(6-4-12)20(10-9-17(21)22)25(23,24)14-7-8-15(18)16(19)11-14/h3-8,11H,2,9-10H2,1H3,(H,21,22). The van der Waals surface area contributed by atoms with Crippen LogP contribution in [0.2, 0.25) is 10.0 Å². The molecule has 0 unspecified atom stereocenters. The van der Waals surface area contributed by atoms with E-state index >= 15 is 0 Å². The Hall–Kier alpha value is -1.76. The Kier molecular flexibility index (Phi) is 6.32. The Morgan fingerprint density at radius 3 is 2.24 bits per heavy atom. The van der Waals surface area contributed by atoms with Gasteiger partial charge in [-0.2, -0.15) is 0 Å². The molecule has 0 atom stereocenters. The van der Waals surface area contributed by atoms with Crippen molar-refractivity contribution < 1.29 is 18.3 Å². The fourth-order valence-corrected chi connectivity index (χ4v) is 4.10. The number of halogens is 2. The number of sulfonamides is 1. The highest BCUT2D eigenvalue weighted by atomic mass is 35.5. The minimum Gasteiger partial charge on any atom is -0.481 e. The zero-order valence-electron chi connectivity index (χ0n) is 13.4.